The number of nitro groups is 1. The quantitative estimate of drug-likeness (QED) is 0.533. The second-order valence-electron chi connectivity index (χ2n) is 3.18. The van der Waals surface area contributed by atoms with E-state index < -0.39 is 10.8 Å². The molecule has 2 heterocycles. The van der Waals surface area contributed by atoms with Crippen LogP contribution in [0.5, 0.6) is 0 Å². The van der Waals surface area contributed by atoms with Crippen molar-refractivity contribution in [2.24, 2.45) is 0 Å². The van der Waals surface area contributed by atoms with E-state index in [2.05, 4.69) is 15.3 Å². The highest BCUT2D eigenvalue weighted by molar-refractivity contribution is 7.18. The smallest absolute Gasteiger partial charge is 0.296 e. The van der Waals surface area contributed by atoms with Gasteiger partial charge in [-0.05, 0) is 23.5 Å². The van der Waals surface area contributed by atoms with Crippen molar-refractivity contribution in [2.45, 2.75) is 0 Å². The van der Waals surface area contributed by atoms with Gasteiger partial charge in [0.1, 0.15) is 17.0 Å². The summed E-state index contributed by atoms with van der Waals surface area (Å²) in [7, 11) is 0. The molecule has 2 aromatic rings. The molecule has 0 aromatic carbocycles. The van der Waals surface area contributed by atoms with Gasteiger partial charge < -0.3 is 0 Å². The lowest BCUT2D eigenvalue weighted by molar-refractivity contribution is -0.380. The molecule has 0 unspecified atom stereocenters. The maximum atomic E-state index is 11.8. The molecule has 0 aliphatic heterocycles. The first-order valence-corrected chi connectivity index (χ1v) is 6.28. The fourth-order valence-corrected chi connectivity index (χ4v) is 2.11. The van der Waals surface area contributed by atoms with E-state index >= 15 is 0 Å². The van der Waals surface area contributed by atoms with E-state index in [-0.39, 0.29) is 26.0 Å². The van der Waals surface area contributed by atoms with Gasteiger partial charge in [0.05, 0.1) is 9.95 Å². The molecule has 0 atom stereocenters. The topological polar surface area (TPSA) is 98.0 Å². The number of thiazole rings is 1. The van der Waals surface area contributed by atoms with E-state index in [0.717, 1.165) is 17.5 Å². The van der Waals surface area contributed by atoms with Crippen molar-refractivity contribution < 1.29 is 9.72 Å². The number of nitrogens with one attached hydrogen (secondary N) is 1. The van der Waals surface area contributed by atoms with E-state index in [0.29, 0.717) is 0 Å². The minimum Gasteiger partial charge on any atom is -0.296 e. The van der Waals surface area contributed by atoms with Crippen LogP contribution < -0.4 is 5.32 Å². The van der Waals surface area contributed by atoms with Gasteiger partial charge in [0, 0.05) is 0 Å². The predicted molar refractivity (Wildman–Crippen MR) is 71.0 cm³/mol. The SMILES string of the molecule is O=C(Nc1ncc([N+](=O)[O-])s1)c1nc(Cl)ccc1Cl. The fraction of sp³-hybridized carbons (Fsp3) is 0. The van der Waals surface area contributed by atoms with Crippen LogP contribution in [0, 0.1) is 10.1 Å². The highest BCUT2D eigenvalue weighted by Crippen LogP contribution is 2.26. The molecule has 1 N–H and O–H groups in total. The lowest BCUT2D eigenvalue weighted by atomic mass is 10.3. The Kier molecular flexibility index (Phi) is 3.93. The van der Waals surface area contributed by atoms with E-state index in [1.165, 1.54) is 12.1 Å². The van der Waals surface area contributed by atoms with Crippen LogP contribution in [0.2, 0.25) is 10.2 Å². The van der Waals surface area contributed by atoms with Gasteiger partial charge in [0.2, 0.25) is 0 Å². The number of rotatable bonds is 3. The fourth-order valence-electron chi connectivity index (χ4n) is 1.14. The average molecular weight is 319 g/mol. The Bertz CT molecular complexity index is 661. The molecule has 0 saturated carbocycles. The van der Waals surface area contributed by atoms with Crippen LogP contribution in [0.1, 0.15) is 10.5 Å². The van der Waals surface area contributed by atoms with Crippen LogP contribution in [-0.2, 0) is 0 Å². The molecule has 0 bridgehead atoms. The number of halogens is 2. The monoisotopic (exact) mass is 318 g/mol. The molecule has 0 fully saturated rings. The minimum absolute atomic E-state index is 0.0768. The van der Waals surface area contributed by atoms with E-state index in [9.17, 15) is 14.9 Å². The third kappa shape index (κ3) is 3.16. The highest BCUT2D eigenvalue weighted by Gasteiger charge is 2.17. The first kappa shape index (κ1) is 13.7. The highest BCUT2D eigenvalue weighted by atomic mass is 35.5. The Hall–Kier alpha value is -1.77. The van der Waals surface area contributed by atoms with Crippen molar-refractivity contribution in [3.05, 3.63) is 44.3 Å². The number of nitrogens with zero attached hydrogens (tertiary/aromatic N) is 3. The second-order valence-corrected chi connectivity index (χ2v) is 4.98. The van der Waals surface area contributed by atoms with Gasteiger partial charge in [-0.1, -0.05) is 23.2 Å². The van der Waals surface area contributed by atoms with Crippen LogP contribution >= 0.6 is 34.5 Å². The Morgan fingerprint density at radius 2 is 2.16 bits per heavy atom. The summed E-state index contributed by atoms with van der Waals surface area (Å²) in [5.74, 6) is -0.642. The molecule has 0 aliphatic carbocycles. The summed E-state index contributed by atoms with van der Waals surface area (Å²) in [6, 6.07) is 2.87. The number of carbonyl (C=O) groups is 1. The van der Waals surface area contributed by atoms with Crippen molar-refractivity contribution in [3.63, 3.8) is 0 Å². The van der Waals surface area contributed by atoms with E-state index in [4.69, 9.17) is 23.2 Å². The Balaban J connectivity index is 2.20. The summed E-state index contributed by atoms with van der Waals surface area (Å²) in [6.07, 6.45) is 1.05. The van der Waals surface area contributed by atoms with E-state index in [1.807, 2.05) is 0 Å². The van der Waals surface area contributed by atoms with Gasteiger partial charge in [-0.25, -0.2) is 9.97 Å². The van der Waals surface area contributed by atoms with Gasteiger partial charge in [-0.15, -0.1) is 0 Å². The Morgan fingerprint density at radius 3 is 2.79 bits per heavy atom. The summed E-state index contributed by atoms with van der Waals surface area (Å²) in [5.41, 5.74) is -0.0768. The summed E-state index contributed by atoms with van der Waals surface area (Å²) in [4.78, 5) is 29.2. The molecular formula is C9H4Cl2N4O3S. The van der Waals surface area contributed by atoms with Gasteiger partial charge in [0.15, 0.2) is 5.13 Å². The summed E-state index contributed by atoms with van der Waals surface area (Å²) in [6.45, 7) is 0. The molecule has 0 radical (unpaired) electrons. The first-order valence-electron chi connectivity index (χ1n) is 4.71. The number of hydrogen-bond acceptors (Lipinski definition) is 6. The average Bonchev–Trinajstić information content (AvgIpc) is 2.80. The standard InChI is InChI=1S/C9H4Cl2N4O3S/c10-4-1-2-5(11)13-7(4)8(16)14-9-12-3-6(19-9)15(17)18/h1-3H,(H,12,14,16). The zero-order chi connectivity index (χ0) is 14.0. The first-order chi connectivity index (χ1) is 8.97. The van der Waals surface area contributed by atoms with Crippen LogP contribution in [0.3, 0.4) is 0 Å². The minimum atomic E-state index is -0.642. The normalized spacial score (nSPS) is 10.2. The van der Waals surface area contributed by atoms with Crippen molar-refractivity contribution in [1.29, 1.82) is 0 Å². The number of anilines is 1. The number of carbonyl (C=O) groups excluding carboxylic acids is 1. The largest absolute Gasteiger partial charge is 0.345 e. The van der Waals surface area contributed by atoms with Gasteiger partial charge in [0.25, 0.3) is 5.91 Å². The third-order valence-corrected chi connectivity index (χ3v) is 3.30. The van der Waals surface area contributed by atoms with Crippen LogP contribution in [0.25, 0.3) is 0 Å². The molecule has 0 saturated heterocycles. The summed E-state index contributed by atoms with van der Waals surface area (Å²) < 4.78 is 0. The molecule has 19 heavy (non-hydrogen) atoms. The third-order valence-electron chi connectivity index (χ3n) is 1.92. The Labute approximate surface area is 120 Å². The molecule has 2 aromatic heterocycles. The number of aromatic nitrogens is 2. The molecule has 98 valence electrons. The van der Waals surface area contributed by atoms with Crippen LogP contribution in [-0.4, -0.2) is 20.8 Å². The van der Waals surface area contributed by atoms with Gasteiger partial charge in [-0.3, -0.25) is 20.2 Å². The summed E-state index contributed by atoms with van der Waals surface area (Å²) in [5, 5.41) is 13.0. The van der Waals surface area contributed by atoms with Crippen molar-refractivity contribution >= 4 is 50.6 Å². The lowest BCUT2D eigenvalue weighted by Gasteiger charge is -2.02. The molecule has 2 rings (SSSR count). The van der Waals surface area contributed by atoms with Gasteiger partial charge >= 0.3 is 5.00 Å². The zero-order valence-electron chi connectivity index (χ0n) is 8.96. The van der Waals surface area contributed by atoms with Crippen LogP contribution in [0.15, 0.2) is 18.3 Å². The maximum Gasteiger partial charge on any atom is 0.345 e. The lowest BCUT2D eigenvalue weighted by Crippen LogP contribution is -2.14. The number of amides is 1. The molecule has 0 aliphatic rings. The second kappa shape index (κ2) is 5.47. The zero-order valence-corrected chi connectivity index (χ0v) is 11.3. The molecule has 0 spiro atoms. The molecule has 7 nitrogen and oxygen atoms in total. The van der Waals surface area contributed by atoms with E-state index in [1.54, 1.807) is 0 Å². The molecule has 1 amide bonds. The van der Waals surface area contributed by atoms with Crippen molar-refractivity contribution in [2.75, 3.05) is 5.32 Å². The Morgan fingerprint density at radius 1 is 1.42 bits per heavy atom. The van der Waals surface area contributed by atoms with Gasteiger partial charge in [-0.2, -0.15) is 0 Å². The maximum absolute atomic E-state index is 11.8. The molecule has 10 heteroatoms. The predicted octanol–water partition coefficient (Wildman–Crippen LogP) is 3.01. The number of pyridine rings is 1. The molecular weight excluding hydrogens is 315 g/mol. The number of hydrogen-bond donors (Lipinski definition) is 1. The van der Waals surface area contributed by atoms with Crippen molar-refractivity contribution in [3.8, 4) is 0 Å². The van der Waals surface area contributed by atoms with Crippen molar-refractivity contribution in [1.82, 2.24) is 9.97 Å². The summed E-state index contributed by atoms with van der Waals surface area (Å²) >= 11 is 12.2. The van der Waals surface area contributed by atoms with Crippen LogP contribution in [0.4, 0.5) is 10.1 Å².